The number of rotatable bonds is 2. The van der Waals surface area contributed by atoms with Crippen molar-refractivity contribution >= 4 is 10.8 Å². The van der Waals surface area contributed by atoms with E-state index in [1.54, 1.807) is 7.11 Å². The first kappa shape index (κ1) is 13.6. The molecule has 4 heteroatoms. The molecule has 0 unspecified atom stereocenters. The predicted octanol–water partition coefficient (Wildman–Crippen LogP) is 3.66. The third kappa shape index (κ3) is 1.98. The molecule has 0 spiro atoms. The van der Waals surface area contributed by atoms with Crippen molar-refractivity contribution in [2.24, 2.45) is 0 Å². The predicted molar refractivity (Wildman–Crippen MR) is 84.4 cm³/mol. The van der Waals surface area contributed by atoms with E-state index in [2.05, 4.69) is 34.7 Å². The van der Waals surface area contributed by atoms with Gasteiger partial charge < -0.3 is 9.30 Å². The maximum Gasteiger partial charge on any atom is 0.120 e. The fourth-order valence-electron chi connectivity index (χ4n) is 3.11. The van der Waals surface area contributed by atoms with Crippen LogP contribution in [0.2, 0.25) is 0 Å². The lowest BCUT2D eigenvalue weighted by molar-refractivity contribution is 0.414. The highest BCUT2D eigenvalue weighted by Gasteiger charge is 2.17. The molecule has 0 aliphatic rings. The summed E-state index contributed by atoms with van der Waals surface area (Å²) in [6.07, 6.45) is 0. The summed E-state index contributed by atoms with van der Waals surface area (Å²) >= 11 is 0. The van der Waals surface area contributed by atoms with Gasteiger partial charge in [0.05, 0.1) is 18.5 Å². The molecule has 0 saturated heterocycles. The van der Waals surface area contributed by atoms with E-state index in [1.165, 1.54) is 22.2 Å². The number of methoxy groups -OCH3 is 1. The van der Waals surface area contributed by atoms with Crippen LogP contribution in [0.25, 0.3) is 16.5 Å². The average Bonchev–Trinajstić information content (AvgIpc) is 2.75. The second kappa shape index (κ2) is 4.88. The van der Waals surface area contributed by atoms with Crippen LogP contribution >= 0.6 is 0 Å². The maximum atomic E-state index is 5.34. The molecule has 3 aromatic rings. The Balaban J connectivity index is 2.38. The van der Waals surface area contributed by atoms with E-state index in [4.69, 9.17) is 4.74 Å². The van der Waals surface area contributed by atoms with Crippen molar-refractivity contribution in [2.75, 3.05) is 7.11 Å². The highest BCUT2D eigenvalue weighted by atomic mass is 16.5. The van der Waals surface area contributed by atoms with Gasteiger partial charge in [0, 0.05) is 33.9 Å². The molecule has 2 heterocycles. The number of hydrogen-bond acceptors (Lipinski definition) is 3. The van der Waals surface area contributed by atoms with E-state index in [0.717, 1.165) is 22.8 Å². The summed E-state index contributed by atoms with van der Waals surface area (Å²) in [5.41, 5.74) is 5.41. The smallest absolute Gasteiger partial charge is 0.120 e. The van der Waals surface area contributed by atoms with Gasteiger partial charge >= 0.3 is 0 Å². The van der Waals surface area contributed by atoms with Gasteiger partial charge in [0.2, 0.25) is 0 Å². The standard InChI is InChI=1S/C17H19N3O/c1-10-16-12(3)20(13(4)17(16)11(2)19-18-10)14-7-6-8-15(9-14)21-5/h6-9H,1-5H3. The van der Waals surface area contributed by atoms with Gasteiger partial charge in [-0.05, 0) is 39.8 Å². The normalized spacial score (nSPS) is 11.1. The molecule has 3 rings (SSSR count). The zero-order valence-corrected chi connectivity index (χ0v) is 13.1. The molecule has 0 N–H and O–H groups in total. The summed E-state index contributed by atoms with van der Waals surface area (Å²) in [7, 11) is 1.69. The second-order valence-corrected chi connectivity index (χ2v) is 5.33. The Morgan fingerprint density at radius 3 is 2.00 bits per heavy atom. The topological polar surface area (TPSA) is 39.9 Å². The molecule has 0 aliphatic heterocycles. The van der Waals surface area contributed by atoms with Crippen molar-refractivity contribution in [3.05, 3.63) is 47.0 Å². The van der Waals surface area contributed by atoms with Crippen LogP contribution in [0.5, 0.6) is 5.75 Å². The zero-order chi connectivity index (χ0) is 15.1. The van der Waals surface area contributed by atoms with Gasteiger partial charge in [0.15, 0.2) is 0 Å². The molecular weight excluding hydrogens is 262 g/mol. The summed E-state index contributed by atoms with van der Waals surface area (Å²) in [4.78, 5) is 0. The van der Waals surface area contributed by atoms with E-state index in [0.29, 0.717) is 0 Å². The molecule has 1 aromatic carbocycles. The SMILES string of the molecule is COc1cccc(-n2c(C)c3c(C)nnc(C)c3c2C)c1. The molecule has 4 nitrogen and oxygen atoms in total. The lowest BCUT2D eigenvalue weighted by Gasteiger charge is -2.10. The van der Waals surface area contributed by atoms with Gasteiger partial charge in [-0.2, -0.15) is 10.2 Å². The summed E-state index contributed by atoms with van der Waals surface area (Å²) in [6, 6.07) is 8.10. The first-order valence-electron chi connectivity index (χ1n) is 7.00. The number of fused-ring (bicyclic) bond motifs is 1. The fraction of sp³-hybridized carbons (Fsp3) is 0.294. The molecule has 108 valence electrons. The third-order valence-corrected chi connectivity index (χ3v) is 4.03. The molecule has 0 fully saturated rings. The lowest BCUT2D eigenvalue weighted by atomic mass is 10.1. The minimum absolute atomic E-state index is 0.855. The van der Waals surface area contributed by atoms with Crippen LogP contribution in [0.15, 0.2) is 24.3 Å². The Morgan fingerprint density at radius 1 is 0.905 bits per heavy atom. The van der Waals surface area contributed by atoms with Crippen LogP contribution in [0, 0.1) is 27.7 Å². The van der Waals surface area contributed by atoms with Gasteiger partial charge in [0.25, 0.3) is 0 Å². The molecule has 21 heavy (non-hydrogen) atoms. The molecule has 0 amide bonds. The van der Waals surface area contributed by atoms with E-state index >= 15 is 0 Å². The third-order valence-electron chi connectivity index (χ3n) is 4.03. The van der Waals surface area contributed by atoms with Crippen LogP contribution in [-0.2, 0) is 0 Å². The molecule has 0 bridgehead atoms. The average molecular weight is 281 g/mol. The largest absolute Gasteiger partial charge is 0.497 e. The quantitative estimate of drug-likeness (QED) is 0.719. The van der Waals surface area contributed by atoms with Crippen LogP contribution in [0.3, 0.4) is 0 Å². The van der Waals surface area contributed by atoms with Crippen molar-refractivity contribution in [1.82, 2.24) is 14.8 Å². The van der Waals surface area contributed by atoms with E-state index < -0.39 is 0 Å². The Kier molecular flexibility index (Phi) is 3.16. The molecule has 0 aliphatic carbocycles. The first-order chi connectivity index (χ1) is 10.0. The molecule has 2 aromatic heterocycles. The molecular formula is C17H19N3O. The highest BCUT2D eigenvalue weighted by Crippen LogP contribution is 2.32. The number of ether oxygens (including phenoxy) is 1. The van der Waals surface area contributed by atoms with Crippen LogP contribution in [-0.4, -0.2) is 21.9 Å². The second-order valence-electron chi connectivity index (χ2n) is 5.33. The number of hydrogen-bond donors (Lipinski definition) is 0. The number of benzene rings is 1. The number of nitrogens with zero attached hydrogens (tertiary/aromatic N) is 3. The van der Waals surface area contributed by atoms with Gasteiger partial charge in [-0.1, -0.05) is 6.07 Å². The minimum atomic E-state index is 0.855. The van der Waals surface area contributed by atoms with Crippen molar-refractivity contribution in [1.29, 1.82) is 0 Å². The van der Waals surface area contributed by atoms with Gasteiger partial charge in [-0.15, -0.1) is 0 Å². The van der Waals surface area contributed by atoms with Crippen LogP contribution < -0.4 is 4.74 Å². The summed E-state index contributed by atoms with van der Waals surface area (Å²) in [5, 5.41) is 10.9. The molecule has 0 atom stereocenters. The maximum absolute atomic E-state index is 5.34. The molecule has 0 radical (unpaired) electrons. The minimum Gasteiger partial charge on any atom is -0.497 e. The zero-order valence-electron chi connectivity index (χ0n) is 13.1. The summed E-state index contributed by atoms with van der Waals surface area (Å²) in [6.45, 7) is 8.28. The van der Waals surface area contributed by atoms with Crippen molar-refractivity contribution in [3.8, 4) is 11.4 Å². The van der Waals surface area contributed by atoms with Crippen molar-refractivity contribution in [2.45, 2.75) is 27.7 Å². The monoisotopic (exact) mass is 281 g/mol. The fourth-order valence-corrected chi connectivity index (χ4v) is 3.11. The summed E-state index contributed by atoms with van der Waals surface area (Å²) < 4.78 is 7.59. The first-order valence-corrected chi connectivity index (χ1v) is 7.00. The highest BCUT2D eigenvalue weighted by molar-refractivity contribution is 5.92. The summed E-state index contributed by atoms with van der Waals surface area (Å²) in [5.74, 6) is 0.855. The molecule has 0 saturated carbocycles. The Labute approximate surface area is 124 Å². The van der Waals surface area contributed by atoms with Crippen LogP contribution in [0.4, 0.5) is 0 Å². The van der Waals surface area contributed by atoms with Gasteiger partial charge in [-0.25, -0.2) is 0 Å². The Hall–Kier alpha value is -2.36. The van der Waals surface area contributed by atoms with Crippen molar-refractivity contribution in [3.63, 3.8) is 0 Å². The van der Waals surface area contributed by atoms with E-state index in [9.17, 15) is 0 Å². The Bertz CT molecular complexity index is 789. The van der Waals surface area contributed by atoms with Gasteiger partial charge in [0.1, 0.15) is 5.75 Å². The van der Waals surface area contributed by atoms with E-state index in [-0.39, 0.29) is 0 Å². The van der Waals surface area contributed by atoms with Crippen LogP contribution in [0.1, 0.15) is 22.8 Å². The van der Waals surface area contributed by atoms with Gasteiger partial charge in [-0.3, -0.25) is 0 Å². The van der Waals surface area contributed by atoms with E-state index in [1.807, 2.05) is 32.0 Å². The number of aromatic nitrogens is 3. The lowest BCUT2D eigenvalue weighted by Crippen LogP contribution is -1.99. The van der Waals surface area contributed by atoms with Crippen molar-refractivity contribution < 1.29 is 4.74 Å². The number of aryl methyl sites for hydroxylation is 4. The Morgan fingerprint density at radius 2 is 1.48 bits per heavy atom.